The molecule has 1 aliphatic heterocycles. The molecule has 5 rings (SSSR count). The fourth-order valence-electron chi connectivity index (χ4n) is 6.01. The Morgan fingerprint density at radius 2 is 1.91 bits per heavy atom. The van der Waals surface area contributed by atoms with Crippen molar-refractivity contribution < 1.29 is 9.50 Å². The predicted molar refractivity (Wildman–Crippen MR) is 126 cm³/mol. The summed E-state index contributed by atoms with van der Waals surface area (Å²) < 4.78 is 15.6. The van der Waals surface area contributed by atoms with Crippen LogP contribution in [0, 0.1) is 17.2 Å². The van der Waals surface area contributed by atoms with Crippen LogP contribution in [0.3, 0.4) is 0 Å². The van der Waals surface area contributed by atoms with Gasteiger partial charge < -0.3 is 9.67 Å². The van der Waals surface area contributed by atoms with Gasteiger partial charge in [0.25, 0.3) is 0 Å². The van der Waals surface area contributed by atoms with Crippen molar-refractivity contribution in [1.29, 1.82) is 0 Å². The summed E-state index contributed by atoms with van der Waals surface area (Å²) in [5.74, 6) is -0.0517. The third-order valence-corrected chi connectivity index (χ3v) is 7.76. The van der Waals surface area contributed by atoms with Crippen molar-refractivity contribution in [2.75, 3.05) is 0 Å². The average molecular weight is 431 g/mol. The predicted octanol–water partition coefficient (Wildman–Crippen LogP) is 6.28. The van der Waals surface area contributed by atoms with Gasteiger partial charge in [-0.2, -0.15) is 0 Å². The molecule has 4 heteroatoms. The van der Waals surface area contributed by atoms with E-state index in [4.69, 9.17) is 0 Å². The van der Waals surface area contributed by atoms with E-state index in [0.29, 0.717) is 0 Å². The Balaban J connectivity index is 1.44. The van der Waals surface area contributed by atoms with E-state index in [-0.39, 0.29) is 17.2 Å². The Bertz CT molecular complexity index is 1130. The Morgan fingerprint density at radius 1 is 1.16 bits per heavy atom. The first kappa shape index (κ1) is 21.1. The van der Waals surface area contributed by atoms with Gasteiger partial charge in [0.2, 0.25) is 0 Å². The third-order valence-electron chi connectivity index (χ3n) is 7.76. The van der Waals surface area contributed by atoms with E-state index in [1.807, 2.05) is 19.3 Å². The van der Waals surface area contributed by atoms with Crippen LogP contribution >= 0.6 is 0 Å². The van der Waals surface area contributed by atoms with Crippen LogP contribution in [0.5, 0.6) is 0 Å². The van der Waals surface area contributed by atoms with Gasteiger partial charge in [0.15, 0.2) is 0 Å². The van der Waals surface area contributed by atoms with Crippen LogP contribution in [0.1, 0.15) is 50.8 Å². The number of nitrogens with zero attached hydrogens (tertiary/aromatic N) is 2. The first-order valence-electron chi connectivity index (χ1n) is 11.7. The Hall–Kier alpha value is -2.72. The van der Waals surface area contributed by atoms with Crippen molar-refractivity contribution >= 4 is 6.08 Å². The zero-order valence-electron chi connectivity index (χ0n) is 18.9. The van der Waals surface area contributed by atoms with E-state index in [0.717, 1.165) is 55.6 Å². The molecule has 2 aromatic carbocycles. The van der Waals surface area contributed by atoms with Crippen molar-refractivity contribution in [3.63, 3.8) is 0 Å². The molecular weight excluding hydrogens is 399 g/mol. The summed E-state index contributed by atoms with van der Waals surface area (Å²) in [6.07, 6.45) is 8.99. The van der Waals surface area contributed by atoms with Crippen LogP contribution in [0.25, 0.3) is 17.3 Å². The molecule has 0 saturated heterocycles. The summed E-state index contributed by atoms with van der Waals surface area (Å²) in [6, 6.07) is 17.0. The summed E-state index contributed by atoms with van der Waals surface area (Å²) in [5.41, 5.74) is 4.75. The number of hydrogen-bond donors (Lipinski definition) is 1. The Morgan fingerprint density at radius 3 is 2.66 bits per heavy atom. The van der Waals surface area contributed by atoms with Gasteiger partial charge in [-0.25, -0.2) is 9.37 Å². The van der Waals surface area contributed by atoms with Gasteiger partial charge in [0, 0.05) is 17.5 Å². The molecule has 0 unspecified atom stereocenters. The van der Waals surface area contributed by atoms with E-state index in [1.54, 1.807) is 12.1 Å². The van der Waals surface area contributed by atoms with Gasteiger partial charge in [-0.1, -0.05) is 42.8 Å². The fraction of sp³-hybridized carbons (Fsp3) is 0.393. The van der Waals surface area contributed by atoms with Crippen LogP contribution in [0.2, 0.25) is 0 Å². The molecule has 1 aliphatic carbocycles. The number of allylic oxidation sites excluding steroid dienone is 1. The van der Waals surface area contributed by atoms with Crippen molar-refractivity contribution in [2.24, 2.45) is 11.3 Å². The molecule has 1 N–H and O–H groups in total. The van der Waals surface area contributed by atoms with E-state index in [2.05, 4.69) is 46.8 Å². The topological polar surface area (TPSA) is 38.0 Å². The van der Waals surface area contributed by atoms with Crippen molar-refractivity contribution in [2.45, 2.75) is 58.1 Å². The van der Waals surface area contributed by atoms with Crippen LogP contribution in [-0.4, -0.2) is 20.3 Å². The van der Waals surface area contributed by atoms with Crippen LogP contribution in [0.4, 0.5) is 4.39 Å². The van der Waals surface area contributed by atoms with E-state index in [1.165, 1.54) is 23.3 Å². The second kappa shape index (κ2) is 8.00. The lowest BCUT2D eigenvalue weighted by atomic mass is 9.57. The smallest absolute Gasteiger partial charge is 0.123 e. The number of fused-ring (bicyclic) bond motifs is 2. The molecule has 32 heavy (non-hydrogen) atoms. The Labute approximate surface area is 189 Å². The molecule has 0 radical (unpaired) electrons. The lowest BCUT2D eigenvalue weighted by Crippen LogP contribution is -2.50. The zero-order chi connectivity index (χ0) is 22.3. The summed E-state index contributed by atoms with van der Waals surface area (Å²) in [6.45, 7) is 5.16. The average Bonchev–Trinajstić information content (AvgIpc) is 3.18. The van der Waals surface area contributed by atoms with E-state index >= 15 is 0 Å². The summed E-state index contributed by atoms with van der Waals surface area (Å²) in [5, 5.41) is 11.7. The van der Waals surface area contributed by atoms with Gasteiger partial charge in [-0.05, 0) is 80.9 Å². The molecular formula is C28H31FN2O. The number of halogens is 1. The zero-order valence-corrected chi connectivity index (χ0v) is 18.9. The minimum atomic E-state index is -0.748. The standard InChI is InChI=1S/C28H31FN2O/c1-27-18-31-19-30-26(21-11-13-23(29)14-12-21)24(31)17-22(27)9-6-10-25(27)28(2,32)16-15-20-7-4-3-5-8-20/h3-5,7-8,11-14,17,19,25,32H,6,9-10,15-16,18H2,1-2H3/t25-,27-,28+/m0/s1. The number of hydrogen-bond acceptors (Lipinski definition) is 2. The minimum Gasteiger partial charge on any atom is -0.390 e. The van der Waals surface area contributed by atoms with Crippen molar-refractivity contribution in [3.8, 4) is 11.3 Å². The third kappa shape index (κ3) is 3.71. The highest BCUT2D eigenvalue weighted by Crippen LogP contribution is 2.54. The molecule has 3 aromatic rings. The number of rotatable bonds is 5. The SMILES string of the molecule is C[C@]12Cn3cnc(-c4ccc(F)cc4)c3C=C1CCC[C@@H]2[C@](C)(O)CCc1ccccc1. The first-order chi connectivity index (χ1) is 15.4. The van der Waals surface area contributed by atoms with Gasteiger partial charge in [-0.3, -0.25) is 0 Å². The summed E-state index contributed by atoms with van der Waals surface area (Å²) >= 11 is 0. The lowest BCUT2D eigenvalue weighted by molar-refractivity contribution is -0.0709. The second-order valence-electron chi connectivity index (χ2n) is 9.99. The molecule has 3 nitrogen and oxygen atoms in total. The van der Waals surface area contributed by atoms with Crippen molar-refractivity contribution in [1.82, 2.24) is 9.55 Å². The van der Waals surface area contributed by atoms with E-state index < -0.39 is 5.60 Å². The van der Waals surface area contributed by atoms with Gasteiger partial charge >= 0.3 is 0 Å². The molecule has 2 heterocycles. The maximum Gasteiger partial charge on any atom is 0.123 e. The largest absolute Gasteiger partial charge is 0.390 e. The number of benzene rings is 2. The Kier molecular flexibility index (Phi) is 5.29. The highest BCUT2D eigenvalue weighted by molar-refractivity contribution is 5.72. The maximum absolute atomic E-state index is 13.4. The lowest BCUT2D eigenvalue weighted by Gasteiger charge is -2.51. The highest BCUT2D eigenvalue weighted by atomic mass is 19.1. The molecule has 166 valence electrons. The quantitative estimate of drug-likeness (QED) is 0.518. The highest BCUT2D eigenvalue weighted by Gasteiger charge is 2.50. The molecule has 0 amide bonds. The molecule has 1 aromatic heterocycles. The number of aryl methyl sites for hydroxylation is 1. The molecule has 0 bridgehead atoms. The molecule has 0 spiro atoms. The molecule has 1 fully saturated rings. The van der Waals surface area contributed by atoms with Crippen LogP contribution in [-0.2, 0) is 13.0 Å². The summed E-state index contributed by atoms with van der Waals surface area (Å²) in [7, 11) is 0. The molecule has 1 saturated carbocycles. The molecule has 3 atom stereocenters. The number of aromatic nitrogens is 2. The number of imidazole rings is 1. The first-order valence-corrected chi connectivity index (χ1v) is 11.7. The molecule has 2 aliphatic rings. The van der Waals surface area contributed by atoms with Gasteiger partial charge in [0.05, 0.1) is 23.3 Å². The van der Waals surface area contributed by atoms with Crippen LogP contribution in [0.15, 0.2) is 66.5 Å². The number of aliphatic hydroxyl groups is 1. The normalized spacial score (nSPS) is 24.2. The van der Waals surface area contributed by atoms with Crippen LogP contribution < -0.4 is 0 Å². The van der Waals surface area contributed by atoms with E-state index in [9.17, 15) is 9.50 Å². The second-order valence-corrected chi connectivity index (χ2v) is 9.99. The minimum absolute atomic E-state index is 0.105. The monoisotopic (exact) mass is 430 g/mol. The fourth-order valence-corrected chi connectivity index (χ4v) is 6.01. The van der Waals surface area contributed by atoms with Gasteiger partial charge in [0.1, 0.15) is 5.82 Å². The van der Waals surface area contributed by atoms with Gasteiger partial charge in [-0.15, -0.1) is 0 Å². The summed E-state index contributed by atoms with van der Waals surface area (Å²) in [4.78, 5) is 4.68. The van der Waals surface area contributed by atoms with Crippen molar-refractivity contribution in [3.05, 3.63) is 83.6 Å². The maximum atomic E-state index is 13.4.